The van der Waals surface area contributed by atoms with Crippen LogP contribution in [0.25, 0.3) is 0 Å². The first-order valence-corrected chi connectivity index (χ1v) is 7.36. The molecule has 0 spiro atoms. The second-order valence-corrected chi connectivity index (χ2v) is 6.53. The van der Waals surface area contributed by atoms with Crippen LogP contribution in [0.2, 0.25) is 0 Å². The molecular formula is C19H20O2. The van der Waals surface area contributed by atoms with Crippen LogP contribution in [0.15, 0.2) is 48.5 Å². The van der Waals surface area contributed by atoms with Gasteiger partial charge in [-0.25, -0.2) is 0 Å². The van der Waals surface area contributed by atoms with Gasteiger partial charge in [-0.3, -0.25) is 4.79 Å². The van der Waals surface area contributed by atoms with E-state index in [4.69, 9.17) is 4.74 Å². The lowest BCUT2D eigenvalue weighted by atomic mass is 9.74. The highest BCUT2D eigenvalue weighted by molar-refractivity contribution is 5.99. The van der Waals surface area contributed by atoms with Crippen molar-refractivity contribution in [2.24, 2.45) is 5.41 Å². The smallest absolute Gasteiger partial charge is 0.163 e. The molecule has 0 saturated carbocycles. The third-order valence-corrected chi connectivity index (χ3v) is 3.93. The van der Waals surface area contributed by atoms with E-state index in [1.54, 1.807) is 0 Å². The van der Waals surface area contributed by atoms with Crippen molar-refractivity contribution in [3.8, 4) is 5.75 Å². The van der Waals surface area contributed by atoms with Gasteiger partial charge in [0.25, 0.3) is 0 Å². The zero-order chi connectivity index (χ0) is 14.9. The van der Waals surface area contributed by atoms with Crippen LogP contribution in [-0.4, -0.2) is 5.78 Å². The van der Waals surface area contributed by atoms with E-state index in [0.29, 0.717) is 13.0 Å². The SMILES string of the molecule is CC1(C)CC(=O)c2ccc(OCc3ccccc3)cc2C1. The average molecular weight is 280 g/mol. The zero-order valence-corrected chi connectivity index (χ0v) is 12.6. The molecule has 2 nitrogen and oxygen atoms in total. The summed E-state index contributed by atoms with van der Waals surface area (Å²) in [5, 5.41) is 0. The Hall–Kier alpha value is -2.09. The van der Waals surface area contributed by atoms with Gasteiger partial charge in [-0.1, -0.05) is 44.2 Å². The van der Waals surface area contributed by atoms with Crippen molar-refractivity contribution in [2.75, 3.05) is 0 Å². The number of rotatable bonds is 3. The summed E-state index contributed by atoms with van der Waals surface area (Å²) in [4.78, 5) is 12.2. The lowest BCUT2D eigenvalue weighted by Crippen LogP contribution is -2.26. The number of carbonyl (C=O) groups excluding carboxylic acids is 1. The number of fused-ring (bicyclic) bond motifs is 1. The van der Waals surface area contributed by atoms with Gasteiger partial charge in [-0.2, -0.15) is 0 Å². The lowest BCUT2D eigenvalue weighted by molar-refractivity contribution is 0.0912. The standard InChI is InChI=1S/C19H20O2/c1-19(2)11-15-10-16(8-9-17(15)18(20)12-19)21-13-14-6-4-3-5-7-14/h3-10H,11-13H2,1-2H3. The van der Waals surface area contributed by atoms with Crippen LogP contribution >= 0.6 is 0 Å². The van der Waals surface area contributed by atoms with Crippen molar-refractivity contribution < 1.29 is 9.53 Å². The lowest BCUT2D eigenvalue weighted by Gasteiger charge is -2.30. The van der Waals surface area contributed by atoms with Gasteiger partial charge in [0.1, 0.15) is 12.4 Å². The van der Waals surface area contributed by atoms with Crippen molar-refractivity contribution in [3.05, 3.63) is 65.2 Å². The van der Waals surface area contributed by atoms with E-state index in [1.165, 1.54) is 0 Å². The van der Waals surface area contributed by atoms with Crippen LogP contribution in [0.4, 0.5) is 0 Å². The molecule has 0 aliphatic heterocycles. The zero-order valence-electron chi connectivity index (χ0n) is 12.6. The maximum Gasteiger partial charge on any atom is 0.163 e. The Kier molecular flexibility index (Phi) is 3.54. The van der Waals surface area contributed by atoms with Crippen molar-refractivity contribution in [3.63, 3.8) is 0 Å². The highest BCUT2D eigenvalue weighted by Gasteiger charge is 2.30. The van der Waals surface area contributed by atoms with Crippen LogP contribution < -0.4 is 4.74 Å². The Morgan fingerprint density at radius 3 is 2.57 bits per heavy atom. The molecule has 0 radical (unpaired) electrons. The molecule has 0 amide bonds. The number of Topliss-reactive ketones (excluding diaryl/α,β-unsaturated/α-hetero) is 1. The quantitative estimate of drug-likeness (QED) is 0.832. The second kappa shape index (κ2) is 5.36. The highest BCUT2D eigenvalue weighted by atomic mass is 16.5. The summed E-state index contributed by atoms with van der Waals surface area (Å²) < 4.78 is 5.85. The van der Waals surface area contributed by atoms with Crippen molar-refractivity contribution in [2.45, 2.75) is 33.3 Å². The summed E-state index contributed by atoms with van der Waals surface area (Å²) in [6, 6.07) is 15.9. The molecule has 2 aromatic rings. The van der Waals surface area contributed by atoms with Gasteiger partial charge in [0, 0.05) is 12.0 Å². The van der Waals surface area contributed by atoms with Crippen molar-refractivity contribution in [1.29, 1.82) is 0 Å². The molecule has 0 atom stereocenters. The molecule has 2 aromatic carbocycles. The first-order valence-electron chi connectivity index (χ1n) is 7.36. The van der Waals surface area contributed by atoms with E-state index >= 15 is 0 Å². The Balaban J connectivity index is 1.78. The molecule has 0 fully saturated rings. The molecule has 0 N–H and O–H groups in total. The Labute approximate surface area is 125 Å². The first kappa shape index (κ1) is 13.9. The van der Waals surface area contributed by atoms with Crippen LogP contribution in [0, 0.1) is 5.41 Å². The van der Waals surface area contributed by atoms with Gasteiger partial charge in [-0.05, 0) is 41.2 Å². The molecule has 0 unspecified atom stereocenters. The van der Waals surface area contributed by atoms with Gasteiger partial charge in [-0.15, -0.1) is 0 Å². The molecule has 3 rings (SSSR count). The molecule has 0 bridgehead atoms. The summed E-state index contributed by atoms with van der Waals surface area (Å²) in [5.74, 6) is 1.08. The number of carbonyl (C=O) groups is 1. The van der Waals surface area contributed by atoms with Crippen molar-refractivity contribution >= 4 is 5.78 Å². The molecule has 108 valence electrons. The maximum absolute atomic E-state index is 12.2. The number of hydrogen-bond acceptors (Lipinski definition) is 2. The van der Waals surface area contributed by atoms with E-state index < -0.39 is 0 Å². The van der Waals surface area contributed by atoms with Gasteiger partial charge >= 0.3 is 0 Å². The maximum atomic E-state index is 12.2. The molecule has 1 aliphatic rings. The Morgan fingerprint density at radius 2 is 1.81 bits per heavy atom. The van der Waals surface area contributed by atoms with Crippen LogP contribution in [0.1, 0.15) is 41.8 Å². The molecule has 2 heteroatoms. The average Bonchev–Trinajstić information content (AvgIpc) is 2.44. The summed E-state index contributed by atoms with van der Waals surface area (Å²) in [7, 11) is 0. The predicted molar refractivity (Wildman–Crippen MR) is 83.6 cm³/mol. The Morgan fingerprint density at radius 1 is 1.05 bits per heavy atom. The summed E-state index contributed by atoms with van der Waals surface area (Å²) in [6.07, 6.45) is 1.56. The molecule has 21 heavy (non-hydrogen) atoms. The van der Waals surface area contributed by atoms with Crippen molar-refractivity contribution in [1.82, 2.24) is 0 Å². The molecule has 0 aromatic heterocycles. The fourth-order valence-corrected chi connectivity index (χ4v) is 2.93. The molecular weight excluding hydrogens is 260 g/mol. The van der Waals surface area contributed by atoms with E-state index in [2.05, 4.69) is 13.8 Å². The van der Waals surface area contributed by atoms with E-state index in [-0.39, 0.29) is 11.2 Å². The number of benzene rings is 2. The highest BCUT2D eigenvalue weighted by Crippen LogP contribution is 2.36. The second-order valence-electron chi connectivity index (χ2n) is 6.53. The van der Waals surface area contributed by atoms with Gasteiger partial charge in [0.15, 0.2) is 5.78 Å². The summed E-state index contributed by atoms with van der Waals surface area (Å²) >= 11 is 0. The topological polar surface area (TPSA) is 26.3 Å². The molecule has 0 saturated heterocycles. The van der Waals surface area contributed by atoms with Gasteiger partial charge in [0.05, 0.1) is 0 Å². The fraction of sp³-hybridized carbons (Fsp3) is 0.316. The third-order valence-electron chi connectivity index (χ3n) is 3.93. The largest absolute Gasteiger partial charge is 0.489 e. The normalized spacial score (nSPS) is 16.4. The van der Waals surface area contributed by atoms with E-state index in [1.807, 2.05) is 48.5 Å². The van der Waals surface area contributed by atoms with Gasteiger partial charge in [0.2, 0.25) is 0 Å². The van der Waals surface area contributed by atoms with Gasteiger partial charge < -0.3 is 4.74 Å². The Bertz CT molecular complexity index is 657. The number of hydrogen-bond donors (Lipinski definition) is 0. The molecule has 1 aliphatic carbocycles. The summed E-state index contributed by atoms with van der Waals surface area (Å²) in [6.45, 7) is 4.84. The minimum absolute atomic E-state index is 0.0438. The monoisotopic (exact) mass is 280 g/mol. The van der Waals surface area contributed by atoms with Crippen LogP contribution in [0.3, 0.4) is 0 Å². The van der Waals surface area contributed by atoms with Crippen LogP contribution in [0.5, 0.6) is 5.75 Å². The van der Waals surface area contributed by atoms with E-state index in [9.17, 15) is 4.79 Å². The third kappa shape index (κ3) is 3.15. The molecule has 0 heterocycles. The predicted octanol–water partition coefficient (Wildman–Crippen LogP) is 4.42. The van der Waals surface area contributed by atoms with E-state index in [0.717, 1.165) is 28.9 Å². The summed E-state index contributed by atoms with van der Waals surface area (Å²) in [5.41, 5.74) is 3.16. The minimum Gasteiger partial charge on any atom is -0.489 e. The first-order chi connectivity index (χ1) is 10.0. The van der Waals surface area contributed by atoms with Crippen LogP contribution in [-0.2, 0) is 13.0 Å². The number of ketones is 1. The minimum atomic E-state index is 0.0438. The fourth-order valence-electron chi connectivity index (χ4n) is 2.93. The number of ether oxygens (including phenoxy) is 1.